The summed E-state index contributed by atoms with van der Waals surface area (Å²) < 4.78 is 10.1. The molecule has 0 bridgehead atoms. The molecule has 0 aliphatic rings. The lowest BCUT2D eigenvalue weighted by atomic mass is 10.1. The average molecular weight is 383 g/mol. The van der Waals surface area contributed by atoms with E-state index < -0.39 is 30.4 Å². The number of carbonyl (C=O) groups is 3. The Balaban J connectivity index is 2.01. The van der Waals surface area contributed by atoms with Gasteiger partial charge in [-0.3, -0.25) is 9.59 Å². The van der Waals surface area contributed by atoms with E-state index in [-0.39, 0.29) is 25.1 Å². The van der Waals surface area contributed by atoms with Crippen LogP contribution < -0.4 is 5.32 Å². The zero-order valence-corrected chi connectivity index (χ0v) is 15.5. The lowest BCUT2D eigenvalue weighted by molar-refractivity contribution is -0.153. The van der Waals surface area contributed by atoms with Crippen LogP contribution in [0.5, 0.6) is 0 Å². The van der Waals surface area contributed by atoms with Gasteiger partial charge in [0.25, 0.3) is 11.8 Å². The first-order chi connectivity index (χ1) is 13.5. The Kier molecular flexibility index (Phi) is 7.78. The van der Waals surface area contributed by atoms with E-state index in [0.29, 0.717) is 0 Å². The van der Waals surface area contributed by atoms with Crippen LogP contribution in [0.25, 0.3) is 0 Å². The molecule has 1 heterocycles. The minimum Gasteiger partial charge on any atom is -0.459 e. The fourth-order valence-corrected chi connectivity index (χ4v) is 2.37. The first-order valence-corrected chi connectivity index (χ1v) is 8.67. The van der Waals surface area contributed by atoms with Crippen molar-refractivity contribution in [3.63, 3.8) is 0 Å². The number of benzene rings is 1. The summed E-state index contributed by atoms with van der Waals surface area (Å²) in [6.45, 7) is -0.224. The number of furan rings is 1. The van der Waals surface area contributed by atoms with Crippen LogP contribution in [0, 0.1) is 11.3 Å². The summed E-state index contributed by atoms with van der Waals surface area (Å²) in [7, 11) is 1.52. The highest BCUT2D eigenvalue weighted by Gasteiger charge is 2.25. The number of carbonyl (C=O) groups excluding carboxylic acids is 3. The quantitative estimate of drug-likeness (QED) is 0.657. The van der Waals surface area contributed by atoms with Crippen LogP contribution in [0.4, 0.5) is 0 Å². The van der Waals surface area contributed by atoms with E-state index in [9.17, 15) is 14.4 Å². The maximum absolute atomic E-state index is 12.5. The number of rotatable bonds is 9. The molecular weight excluding hydrogens is 362 g/mol. The second-order valence-corrected chi connectivity index (χ2v) is 6.02. The molecule has 0 unspecified atom stereocenters. The summed E-state index contributed by atoms with van der Waals surface area (Å²) in [4.78, 5) is 38.0. The van der Waals surface area contributed by atoms with E-state index in [2.05, 4.69) is 5.32 Å². The zero-order chi connectivity index (χ0) is 20.4. The topological polar surface area (TPSA) is 113 Å². The summed E-state index contributed by atoms with van der Waals surface area (Å²) in [5.74, 6) is -1.65. The minimum atomic E-state index is -0.989. The van der Waals surface area contributed by atoms with Crippen molar-refractivity contribution < 1.29 is 23.5 Å². The molecule has 1 N–H and O–H groups in total. The number of esters is 1. The summed E-state index contributed by atoms with van der Waals surface area (Å²) in [6.07, 6.45) is 1.74. The molecule has 1 aromatic heterocycles. The second-order valence-electron chi connectivity index (χ2n) is 6.02. The summed E-state index contributed by atoms with van der Waals surface area (Å²) >= 11 is 0. The van der Waals surface area contributed by atoms with Crippen molar-refractivity contribution >= 4 is 17.8 Å². The van der Waals surface area contributed by atoms with Gasteiger partial charge in [0, 0.05) is 20.0 Å². The number of hydrogen-bond donors (Lipinski definition) is 1. The second kappa shape index (κ2) is 10.5. The van der Waals surface area contributed by atoms with Crippen LogP contribution in [0.2, 0.25) is 0 Å². The van der Waals surface area contributed by atoms with E-state index in [1.165, 1.54) is 24.3 Å². The van der Waals surface area contributed by atoms with Crippen molar-refractivity contribution in [1.82, 2.24) is 10.2 Å². The molecule has 0 saturated carbocycles. The number of likely N-dealkylation sites (N-methyl/N-ethyl adjacent to an activating group) is 1. The van der Waals surface area contributed by atoms with Gasteiger partial charge in [-0.2, -0.15) is 5.26 Å². The predicted molar refractivity (Wildman–Crippen MR) is 98.9 cm³/mol. The van der Waals surface area contributed by atoms with Crippen molar-refractivity contribution in [2.24, 2.45) is 0 Å². The molecule has 0 spiro atoms. The Bertz CT molecular complexity index is 827. The van der Waals surface area contributed by atoms with E-state index >= 15 is 0 Å². The number of nitriles is 1. The van der Waals surface area contributed by atoms with E-state index in [0.717, 1.165) is 5.56 Å². The first kappa shape index (κ1) is 20.7. The molecule has 0 saturated heterocycles. The lowest BCUT2D eigenvalue weighted by Gasteiger charge is -2.19. The molecule has 1 aromatic carbocycles. The number of nitrogens with zero attached hydrogens (tertiary/aromatic N) is 2. The van der Waals surface area contributed by atoms with Crippen molar-refractivity contribution in [2.75, 3.05) is 20.2 Å². The number of amides is 2. The van der Waals surface area contributed by atoms with Crippen molar-refractivity contribution in [3.05, 3.63) is 60.1 Å². The van der Waals surface area contributed by atoms with Gasteiger partial charge in [-0.1, -0.05) is 30.3 Å². The number of hydrogen-bond acceptors (Lipinski definition) is 6. The van der Waals surface area contributed by atoms with Crippen LogP contribution in [0.1, 0.15) is 22.5 Å². The molecule has 2 rings (SSSR count). The molecule has 0 aliphatic heterocycles. The SMILES string of the molecule is CN(CCC#N)C(=O)COC(=O)[C@H](Cc1ccccc1)NC(=O)c1ccco1. The Hall–Kier alpha value is -3.60. The molecule has 1 atom stereocenters. The molecule has 28 heavy (non-hydrogen) atoms. The van der Waals surface area contributed by atoms with Crippen LogP contribution >= 0.6 is 0 Å². The lowest BCUT2D eigenvalue weighted by Crippen LogP contribution is -2.44. The van der Waals surface area contributed by atoms with Crippen molar-refractivity contribution in [2.45, 2.75) is 18.9 Å². The Labute approximate surface area is 162 Å². The Morgan fingerprint density at radius 3 is 2.61 bits per heavy atom. The molecule has 8 heteroatoms. The minimum absolute atomic E-state index is 0.0678. The first-order valence-electron chi connectivity index (χ1n) is 8.67. The molecule has 2 aromatic rings. The van der Waals surface area contributed by atoms with Gasteiger partial charge in [-0.25, -0.2) is 4.79 Å². The standard InChI is InChI=1S/C20H21N3O5/c1-23(11-6-10-21)18(24)14-28-20(26)16(13-15-7-3-2-4-8-15)22-19(25)17-9-5-12-27-17/h2-5,7-9,12,16H,6,11,13-14H2,1H3,(H,22,25)/t16-/m0/s1. The highest BCUT2D eigenvalue weighted by molar-refractivity contribution is 5.94. The third-order valence-corrected chi connectivity index (χ3v) is 3.94. The van der Waals surface area contributed by atoms with Crippen LogP contribution in [0.15, 0.2) is 53.1 Å². The van der Waals surface area contributed by atoms with E-state index in [1.54, 1.807) is 6.07 Å². The molecule has 2 amide bonds. The van der Waals surface area contributed by atoms with Crippen LogP contribution in [-0.4, -0.2) is 48.9 Å². The van der Waals surface area contributed by atoms with Crippen LogP contribution in [0.3, 0.4) is 0 Å². The maximum Gasteiger partial charge on any atom is 0.329 e. The summed E-state index contributed by atoms with van der Waals surface area (Å²) in [5.41, 5.74) is 0.821. The van der Waals surface area contributed by atoms with Gasteiger partial charge in [-0.15, -0.1) is 0 Å². The Morgan fingerprint density at radius 2 is 1.96 bits per heavy atom. The van der Waals surface area contributed by atoms with Gasteiger partial charge in [0.05, 0.1) is 18.8 Å². The highest BCUT2D eigenvalue weighted by Crippen LogP contribution is 2.07. The highest BCUT2D eigenvalue weighted by atomic mass is 16.5. The van der Waals surface area contributed by atoms with Gasteiger partial charge in [0.2, 0.25) is 0 Å². The molecule has 0 aliphatic carbocycles. The fraction of sp³-hybridized carbons (Fsp3) is 0.300. The fourth-order valence-electron chi connectivity index (χ4n) is 2.37. The third kappa shape index (κ3) is 6.29. The molecule has 146 valence electrons. The molecule has 0 radical (unpaired) electrons. The van der Waals surface area contributed by atoms with E-state index in [1.807, 2.05) is 36.4 Å². The Morgan fingerprint density at radius 1 is 1.21 bits per heavy atom. The van der Waals surface area contributed by atoms with Gasteiger partial charge in [0.15, 0.2) is 12.4 Å². The maximum atomic E-state index is 12.5. The molecule has 8 nitrogen and oxygen atoms in total. The number of nitrogens with one attached hydrogen (secondary N) is 1. The zero-order valence-electron chi connectivity index (χ0n) is 15.5. The van der Waals surface area contributed by atoms with Gasteiger partial charge in [-0.05, 0) is 17.7 Å². The van der Waals surface area contributed by atoms with Gasteiger partial charge < -0.3 is 19.4 Å². The number of ether oxygens (including phenoxy) is 1. The third-order valence-electron chi connectivity index (χ3n) is 3.94. The monoisotopic (exact) mass is 383 g/mol. The van der Waals surface area contributed by atoms with Gasteiger partial charge >= 0.3 is 5.97 Å². The van der Waals surface area contributed by atoms with Crippen molar-refractivity contribution in [1.29, 1.82) is 5.26 Å². The summed E-state index contributed by atoms with van der Waals surface area (Å²) in [6, 6.07) is 13.1. The average Bonchev–Trinajstić information content (AvgIpc) is 3.25. The van der Waals surface area contributed by atoms with E-state index in [4.69, 9.17) is 14.4 Å². The summed E-state index contributed by atoms with van der Waals surface area (Å²) in [5, 5.41) is 11.1. The largest absolute Gasteiger partial charge is 0.459 e. The van der Waals surface area contributed by atoms with Gasteiger partial charge in [0.1, 0.15) is 6.04 Å². The molecule has 0 fully saturated rings. The normalized spacial score (nSPS) is 11.1. The molecular formula is C20H21N3O5. The smallest absolute Gasteiger partial charge is 0.329 e. The van der Waals surface area contributed by atoms with Crippen LogP contribution in [-0.2, 0) is 20.7 Å². The predicted octanol–water partition coefficient (Wildman–Crippen LogP) is 1.54. The van der Waals surface area contributed by atoms with Crippen molar-refractivity contribution in [3.8, 4) is 6.07 Å².